The van der Waals surface area contributed by atoms with Crippen molar-refractivity contribution in [2.24, 2.45) is 11.8 Å². The minimum Gasteiger partial charge on any atom is -0.342 e. The lowest BCUT2D eigenvalue weighted by Crippen LogP contribution is -2.51. The van der Waals surface area contributed by atoms with Crippen LogP contribution in [0.25, 0.3) is 0 Å². The molecule has 2 fully saturated rings. The molecule has 0 aliphatic carbocycles. The van der Waals surface area contributed by atoms with Crippen LogP contribution in [0.5, 0.6) is 0 Å². The first-order valence-corrected chi connectivity index (χ1v) is 9.86. The lowest BCUT2D eigenvalue weighted by molar-refractivity contribution is -0.138. The molecule has 1 N–H and O–H groups in total. The fourth-order valence-electron chi connectivity index (χ4n) is 3.14. The van der Waals surface area contributed by atoms with E-state index in [1.54, 1.807) is 4.90 Å². The maximum Gasteiger partial charge on any atom is 0.303 e. The minimum absolute atomic E-state index is 0.0152. The van der Waals surface area contributed by atoms with Gasteiger partial charge in [-0.25, -0.2) is 4.72 Å². The van der Waals surface area contributed by atoms with Gasteiger partial charge in [0.2, 0.25) is 11.8 Å². The molecule has 0 spiro atoms. The molecule has 0 unspecified atom stereocenters. The van der Waals surface area contributed by atoms with Crippen LogP contribution in [0.15, 0.2) is 0 Å². The molecule has 2 heterocycles. The molecule has 0 aromatic rings. The topological polar surface area (TPSA) is 86.8 Å². The lowest BCUT2D eigenvalue weighted by atomic mass is 9.96. The first kappa shape index (κ1) is 18.2. The van der Waals surface area contributed by atoms with Crippen molar-refractivity contribution in [2.45, 2.75) is 46.0 Å². The SMILES string of the molecule is CC(C)C(=O)N1CCC[C@H](C(=O)NS(=O)(=O)N2CCCCC2)C1. The van der Waals surface area contributed by atoms with Gasteiger partial charge in [0.25, 0.3) is 0 Å². The van der Waals surface area contributed by atoms with E-state index in [1.807, 2.05) is 13.8 Å². The van der Waals surface area contributed by atoms with Crippen LogP contribution in [0.2, 0.25) is 0 Å². The molecule has 0 bridgehead atoms. The summed E-state index contributed by atoms with van der Waals surface area (Å²) in [6, 6.07) is 0. The normalized spacial score (nSPS) is 23.8. The Morgan fingerprint density at radius 2 is 1.70 bits per heavy atom. The van der Waals surface area contributed by atoms with Crippen molar-refractivity contribution in [1.82, 2.24) is 13.9 Å². The number of likely N-dealkylation sites (tertiary alicyclic amines) is 1. The Morgan fingerprint density at radius 3 is 2.30 bits per heavy atom. The van der Waals surface area contributed by atoms with Gasteiger partial charge in [-0.2, -0.15) is 12.7 Å². The summed E-state index contributed by atoms with van der Waals surface area (Å²) in [6.07, 6.45) is 4.02. The molecule has 23 heavy (non-hydrogen) atoms. The number of nitrogens with one attached hydrogen (secondary N) is 1. The van der Waals surface area contributed by atoms with E-state index >= 15 is 0 Å². The Kier molecular flexibility index (Phi) is 6.02. The first-order valence-electron chi connectivity index (χ1n) is 8.42. The molecule has 7 nitrogen and oxygen atoms in total. The number of carbonyl (C=O) groups excluding carboxylic acids is 2. The van der Waals surface area contributed by atoms with Crippen molar-refractivity contribution >= 4 is 22.0 Å². The van der Waals surface area contributed by atoms with Crippen LogP contribution in [0, 0.1) is 11.8 Å². The third-order valence-corrected chi connectivity index (χ3v) is 5.99. The van der Waals surface area contributed by atoms with Gasteiger partial charge in [-0.05, 0) is 25.7 Å². The summed E-state index contributed by atoms with van der Waals surface area (Å²) in [4.78, 5) is 26.1. The molecule has 0 radical (unpaired) electrons. The zero-order valence-corrected chi connectivity index (χ0v) is 14.8. The van der Waals surface area contributed by atoms with Gasteiger partial charge in [-0.15, -0.1) is 0 Å². The molecule has 8 heteroatoms. The molecule has 0 saturated carbocycles. The van der Waals surface area contributed by atoms with Crippen molar-refractivity contribution in [2.75, 3.05) is 26.2 Å². The van der Waals surface area contributed by atoms with E-state index in [4.69, 9.17) is 0 Å². The Morgan fingerprint density at radius 1 is 1.04 bits per heavy atom. The van der Waals surface area contributed by atoms with Gasteiger partial charge < -0.3 is 4.90 Å². The second-order valence-electron chi connectivity index (χ2n) is 6.71. The van der Waals surface area contributed by atoms with Crippen LogP contribution < -0.4 is 4.72 Å². The molecule has 1 atom stereocenters. The van der Waals surface area contributed by atoms with E-state index in [9.17, 15) is 18.0 Å². The lowest BCUT2D eigenvalue weighted by Gasteiger charge is -2.33. The van der Waals surface area contributed by atoms with E-state index in [2.05, 4.69) is 4.72 Å². The van der Waals surface area contributed by atoms with Crippen LogP contribution in [-0.2, 0) is 19.8 Å². The monoisotopic (exact) mass is 345 g/mol. The quantitative estimate of drug-likeness (QED) is 0.814. The average Bonchev–Trinajstić information content (AvgIpc) is 2.54. The molecule has 0 aromatic heterocycles. The predicted octanol–water partition coefficient (Wildman–Crippen LogP) is 0.728. The first-order chi connectivity index (χ1) is 10.8. The molecule has 2 rings (SSSR count). The fraction of sp³-hybridized carbons (Fsp3) is 0.867. The molecule has 132 valence electrons. The average molecular weight is 345 g/mol. The van der Waals surface area contributed by atoms with Crippen molar-refractivity contribution in [3.8, 4) is 0 Å². The smallest absolute Gasteiger partial charge is 0.303 e. The number of nitrogens with zero attached hydrogens (tertiary/aromatic N) is 2. The van der Waals surface area contributed by atoms with Gasteiger partial charge in [0.05, 0.1) is 5.92 Å². The zero-order chi connectivity index (χ0) is 17.0. The summed E-state index contributed by atoms with van der Waals surface area (Å²) >= 11 is 0. The van der Waals surface area contributed by atoms with Crippen LogP contribution in [0.3, 0.4) is 0 Å². The minimum atomic E-state index is -3.76. The molecule has 2 saturated heterocycles. The van der Waals surface area contributed by atoms with Gasteiger partial charge in [-0.3, -0.25) is 9.59 Å². The number of rotatable bonds is 4. The highest BCUT2D eigenvalue weighted by atomic mass is 32.2. The number of hydrogen-bond donors (Lipinski definition) is 1. The van der Waals surface area contributed by atoms with E-state index < -0.39 is 22.0 Å². The van der Waals surface area contributed by atoms with Gasteiger partial charge in [0.1, 0.15) is 0 Å². The Balaban J connectivity index is 1.95. The summed E-state index contributed by atoms with van der Waals surface area (Å²) in [6.45, 7) is 5.52. The van der Waals surface area contributed by atoms with Gasteiger partial charge in [0, 0.05) is 32.1 Å². The molecular formula is C15H27N3O4S. The highest BCUT2D eigenvalue weighted by molar-refractivity contribution is 7.87. The number of hydrogen-bond acceptors (Lipinski definition) is 4. The maximum atomic E-state index is 12.3. The molecule has 0 aromatic carbocycles. The summed E-state index contributed by atoms with van der Waals surface area (Å²) in [5.41, 5.74) is 0. The van der Waals surface area contributed by atoms with Crippen LogP contribution in [0.4, 0.5) is 0 Å². The molecule has 2 aliphatic rings. The van der Waals surface area contributed by atoms with Crippen LogP contribution in [0.1, 0.15) is 46.0 Å². The van der Waals surface area contributed by atoms with Crippen molar-refractivity contribution in [3.63, 3.8) is 0 Å². The standard InChI is InChI=1S/C15H27N3O4S/c1-12(2)15(20)17-8-6-7-13(11-17)14(19)16-23(21,22)18-9-4-3-5-10-18/h12-13H,3-11H2,1-2H3,(H,16,19)/t13-/m0/s1. The molecule has 2 aliphatic heterocycles. The third-order valence-electron chi connectivity index (χ3n) is 4.48. The highest BCUT2D eigenvalue weighted by Crippen LogP contribution is 2.19. The predicted molar refractivity (Wildman–Crippen MR) is 86.6 cm³/mol. The second kappa shape index (κ2) is 7.61. The van der Waals surface area contributed by atoms with Crippen LogP contribution >= 0.6 is 0 Å². The van der Waals surface area contributed by atoms with E-state index in [0.717, 1.165) is 25.7 Å². The largest absolute Gasteiger partial charge is 0.342 e. The maximum absolute atomic E-state index is 12.3. The third kappa shape index (κ3) is 4.67. The van der Waals surface area contributed by atoms with Gasteiger partial charge in [0.15, 0.2) is 0 Å². The number of carbonyl (C=O) groups is 2. The Hall–Kier alpha value is -1.15. The molecular weight excluding hydrogens is 318 g/mol. The summed E-state index contributed by atoms with van der Waals surface area (Å²) in [5.74, 6) is -1.04. The summed E-state index contributed by atoms with van der Waals surface area (Å²) in [7, 11) is -3.76. The van der Waals surface area contributed by atoms with E-state index in [-0.39, 0.29) is 11.8 Å². The zero-order valence-electron chi connectivity index (χ0n) is 14.0. The van der Waals surface area contributed by atoms with Crippen molar-refractivity contribution < 1.29 is 18.0 Å². The van der Waals surface area contributed by atoms with Crippen molar-refractivity contribution in [1.29, 1.82) is 0 Å². The van der Waals surface area contributed by atoms with E-state index in [0.29, 0.717) is 32.6 Å². The summed E-state index contributed by atoms with van der Waals surface area (Å²) in [5, 5.41) is 0. The Labute approximate surface area is 138 Å². The molecule has 2 amide bonds. The van der Waals surface area contributed by atoms with Gasteiger partial charge in [-0.1, -0.05) is 20.3 Å². The Bertz CT molecular complexity index is 541. The number of amides is 2. The van der Waals surface area contributed by atoms with Crippen LogP contribution in [-0.4, -0.2) is 55.6 Å². The van der Waals surface area contributed by atoms with Gasteiger partial charge >= 0.3 is 10.2 Å². The highest BCUT2D eigenvalue weighted by Gasteiger charge is 2.33. The fourth-order valence-corrected chi connectivity index (χ4v) is 4.43. The second-order valence-corrected chi connectivity index (χ2v) is 8.38. The summed E-state index contributed by atoms with van der Waals surface area (Å²) < 4.78 is 28.1. The van der Waals surface area contributed by atoms with Crippen molar-refractivity contribution in [3.05, 3.63) is 0 Å². The number of piperidine rings is 2. The van der Waals surface area contributed by atoms with E-state index in [1.165, 1.54) is 4.31 Å².